The molecule has 0 aliphatic rings. The number of pyridine rings is 1. The van der Waals surface area contributed by atoms with Crippen molar-refractivity contribution < 1.29 is 0 Å². The van der Waals surface area contributed by atoms with Crippen LogP contribution in [-0.2, 0) is 5.41 Å². The summed E-state index contributed by atoms with van der Waals surface area (Å²) in [6.07, 6.45) is 0. The molecule has 2 aromatic rings. The third-order valence-electron chi connectivity index (χ3n) is 2.73. The summed E-state index contributed by atoms with van der Waals surface area (Å²) in [5, 5.41) is 1.84. The van der Waals surface area contributed by atoms with Crippen molar-refractivity contribution in [3.05, 3.63) is 32.9 Å². The van der Waals surface area contributed by atoms with Crippen molar-refractivity contribution >= 4 is 51.4 Å². The first-order valence-electron chi connectivity index (χ1n) is 5.46. The van der Waals surface area contributed by atoms with Gasteiger partial charge in [0, 0.05) is 22.2 Å². The Bertz CT molecular complexity index is 630. The molecule has 2 rings (SSSR count). The fourth-order valence-electron chi connectivity index (χ4n) is 1.71. The van der Waals surface area contributed by atoms with Crippen LogP contribution in [0.2, 0.25) is 15.1 Å². The van der Waals surface area contributed by atoms with Crippen LogP contribution in [-0.4, -0.2) is 4.98 Å². The predicted molar refractivity (Wildman–Crippen MR) is 79.9 cm³/mol. The van der Waals surface area contributed by atoms with Gasteiger partial charge in [0.25, 0.3) is 0 Å². The van der Waals surface area contributed by atoms with Gasteiger partial charge in [0.15, 0.2) is 0 Å². The van der Waals surface area contributed by atoms with Gasteiger partial charge in [-0.15, -0.1) is 0 Å². The molecule has 18 heavy (non-hydrogen) atoms. The molecule has 0 amide bonds. The summed E-state index contributed by atoms with van der Waals surface area (Å²) >= 11 is 18.3. The molecule has 96 valence electrons. The second kappa shape index (κ2) is 4.44. The Balaban J connectivity index is 2.91. The molecule has 1 aromatic carbocycles. The first kappa shape index (κ1) is 13.7. The minimum atomic E-state index is -0.113. The van der Waals surface area contributed by atoms with Gasteiger partial charge >= 0.3 is 0 Å². The second-order valence-electron chi connectivity index (χ2n) is 5.22. The van der Waals surface area contributed by atoms with E-state index in [0.29, 0.717) is 31.7 Å². The number of nitrogens with two attached hydrogens (primary N) is 1. The lowest BCUT2D eigenvalue weighted by molar-refractivity contribution is 0.572. The highest BCUT2D eigenvalue weighted by atomic mass is 35.5. The average molecular weight is 304 g/mol. The number of nitrogens with zero attached hydrogens (tertiary/aromatic N) is 1. The summed E-state index contributed by atoms with van der Waals surface area (Å²) in [5.41, 5.74) is 7.94. The number of anilines is 1. The minimum Gasteiger partial charge on any atom is -0.398 e. The van der Waals surface area contributed by atoms with E-state index in [9.17, 15) is 0 Å². The highest BCUT2D eigenvalue weighted by Crippen LogP contribution is 2.39. The van der Waals surface area contributed by atoms with Gasteiger partial charge in [-0.1, -0.05) is 55.6 Å². The Kier molecular flexibility index (Phi) is 3.39. The number of rotatable bonds is 0. The number of halogens is 3. The molecular formula is C13H13Cl3N2. The molecule has 2 nitrogen and oxygen atoms in total. The normalized spacial score (nSPS) is 12.1. The number of benzene rings is 1. The SMILES string of the molecule is CC(C)(C)c1cc(N)c2c(Cl)c(Cl)cc(Cl)c2n1. The van der Waals surface area contributed by atoms with Crippen LogP contribution >= 0.6 is 34.8 Å². The summed E-state index contributed by atoms with van der Waals surface area (Å²) in [4.78, 5) is 4.55. The fourth-order valence-corrected chi connectivity index (χ4v) is 2.47. The monoisotopic (exact) mass is 302 g/mol. The van der Waals surface area contributed by atoms with Crippen molar-refractivity contribution in [1.29, 1.82) is 0 Å². The third-order valence-corrected chi connectivity index (χ3v) is 3.80. The van der Waals surface area contributed by atoms with Crippen molar-refractivity contribution in [2.24, 2.45) is 0 Å². The molecule has 0 unspecified atom stereocenters. The molecule has 0 radical (unpaired) electrons. The number of nitrogen functional groups attached to an aromatic ring is 1. The maximum absolute atomic E-state index is 6.17. The molecular weight excluding hydrogens is 291 g/mol. The first-order valence-corrected chi connectivity index (χ1v) is 6.59. The minimum absolute atomic E-state index is 0.113. The molecule has 0 spiro atoms. The van der Waals surface area contributed by atoms with E-state index in [0.717, 1.165) is 5.69 Å². The topological polar surface area (TPSA) is 38.9 Å². The van der Waals surface area contributed by atoms with Gasteiger partial charge in [0.1, 0.15) is 0 Å². The number of aromatic nitrogens is 1. The molecule has 0 bridgehead atoms. The number of hydrogen-bond donors (Lipinski definition) is 1. The summed E-state index contributed by atoms with van der Waals surface area (Å²) in [5.74, 6) is 0. The van der Waals surface area contributed by atoms with Gasteiger partial charge in [-0.25, -0.2) is 0 Å². The zero-order valence-corrected chi connectivity index (χ0v) is 12.6. The summed E-state index contributed by atoms with van der Waals surface area (Å²) in [7, 11) is 0. The molecule has 0 atom stereocenters. The van der Waals surface area contributed by atoms with Crippen LogP contribution < -0.4 is 5.73 Å². The van der Waals surface area contributed by atoms with Crippen molar-refractivity contribution in [3.8, 4) is 0 Å². The summed E-state index contributed by atoms with van der Waals surface area (Å²) < 4.78 is 0. The first-order chi connectivity index (χ1) is 8.21. The molecule has 0 saturated carbocycles. The van der Waals surface area contributed by atoms with Crippen LogP contribution in [0.5, 0.6) is 0 Å². The average Bonchev–Trinajstić information content (AvgIpc) is 2.24. The van der Waals surface area contributed by atoms with Crippen molar-refractivity contribution in [2.75, 3.05) is 5.73 Å². The largest absolute Gasteiger partial charge is 0.398 e. The summed E-state index contributed by atoms with van der Waals surface area (Å²) in [6.45, 7) is 6.18. The van der Waals surface area contributed by atoms with Gasteiger partial charge in [-0.3, -0.25) is 4.98 Å². The van der Waals surface area contributed by atoms with Crippen LogP contribution in [0.3, 0.4) is 0 Å². The standard InChI is InChI=1S/C13H13Cl3N2/c1-13(2,3)9-5-8(17)10-11(16)6(14)4-7(15)12(10)18-9/h4-5H,1-3H3,(H2,17,18). The number of fused-ring (bicyclic) bond motifs is 1. The third kappa shape index (κ3) is 2.25. The Labute approximate surface area is 121 Å². The molecule has 1 heterocycles. The van der Waals surface area contributed by atoms with E-state index in [-0.39, 0.29) is 5.41 Å². The van der Waals surface area contributed by atoms with Crippen LogP contribution in [0.1, 0.15) is 26.5 Å². The van der Waals surface area contributed by atoms with Gasteiger partial charge in [0.2, 0.25) is 0 Å². The summed E-state index contributed by atoms with van der Waals surface area (Å²) in [6, 6.07) is 3.41. The van der Waals surface area contributed by atoms with Crippen LogP contribution in [0.4, 0.5) is 5.69 Å². The Morgan fingerprint density at radius 3 is 2.22 bits per heavy atom. The maximum Gasteiger partial charge on any atom is 0.0928 e. The lowest BCUT2D eigenvalue weighted by Gasteiger charge is -2.20. The zero-order valence-electron chi connectivity index (χ0n) is 10.3. The molecule has 5 heteroatoms. The van der Waals surface area contributed by atoms with Gasteiger partial charge in [-0.2, -0.15) is 0 Å². The van der Waals surface area contributed by atoms with Crippen LogP contribution in [0.25, 0.3) is 10.9 Å². The predicted octanol–water partition coefficient (Wildman–Crippen LogP) is 5.07. The van der Waals surface area contributed by atoms with Gasteiger partial charge in [-0.05, 0) is 12.1 Å². The highest BCUT2D eigenvalue weighted by Gasteiger charge is 2.20. The van der Waals surface area contributed by atoms with E-state index < -0.39 is 0 Å². The molecule has 0 aliphatic carbocycles. The van der Waals surface area contributed by atoms with E-state index in [1.807, 2.05) is 6.07 Å². The number of hydrogen-bond acceptors (Lipinski definition) is 2. The van der Waals surface area contributed by atoms with Crippen LogP contribution in [0.15, 0.2) is 12.1 Å². The molecule has 0 fully saturated rings. The Morgan fingerprint density at radius 1 is 1.06 bits per heavy atom. The Morgan fingerprint density at radius 2 is 1.67 bits per heavy atom. The maximum atomic E-state index is 6.17. The highest BCUT2D eigenvalue weighted by molar-refractivity contribution is 6.48. The van der Waals surface area contributed by atoms with E-state index in [1.165, 1.54) is 0 Å². The lowest BCUT2D eigenvalue weighted by Crippen LogP contribution is -2.14. The second-order valence-corrected chi connectivity index (χ2v) is 6.42. The smallest absolute Gasteiger partial charge is 0.0928 e. The van der Waals surface area contributed by atoms with E-state index in [2.05, 4.69) is 25.8 Å². The molecule has 1 aromatic heterocycles. The Hall–Kier alpha value is -0.700. The van der Waals surface area contributed by atoms with E-state index in [1.54, 1.807) is 6.07 Å². The quantitative estimate of drug-likeness (QED) is 0.690. The lowest BCUT2D eigenvalue weighted by atomic mass is 9.91. The van der Waals surface area contributed by atoms with Gasteiger partial charge in [0.05, 0.1) is 20.6 Å². The molecule has 0 aliphatic heterocycles. The van der Waals surface area contributed by atoms with Gasteiger partial charge < -0.3 is 5.73 Å². The zero-order chi connectivity index (χ0) is 13.7. The van der Waals surface area contributed by atoms with Crippen molar-refractivity contribution in [3.63, 3.8) is 0 Å². The van der Waals surface area contributed by atoms with Crippen molar-refractivity contribution in [1.82, 2.24) is 4.98 Å². The van der Waals surface area contributed by atoms with E-state index in [4.69, 9.17) is 40.5 Å². The van der Waals surface area contributed by atoms with E-state index >= 15 is 0 Å². The molecule has 0 saturated heterocycles. The fraction of sp³-hybridized carbons (Fsp3) is 0.308. The van der Waals surface area contributed by atoms with Crippen LogP contribution in [0, 0.1) is 0 Å². The van der Waals surface area contributed by atoms with Crippen molar-refractivity contribution in [2.45, 2.75) is 26.2 Å². The molecule has 2 N–H and O–H groups in total.